The van der Waals surface area contributed by atoms with Crippen molar-refractivity contribution < 1.29 is 4.74 Å². The molecular formula is C11H12ClNO. The number of hydrogen-bond acceptors (Lipinski definition) is 2. The highest BCUT2D eigenvalue weighted by Gasteiger charge is 2.10. The maximum Gasteiger partial charge on any atom is 0.137 e. The first kappa shape index (κ1) is 10.9. The van der Waals surface area contributed by atoms with Gasteiger partial charge in [-0.1, -0.05) is 24.6 Å². The van der Waals surface area contributed by atoms with Crippen LogP contribution in [-0.2, 0) is 0 Å². The molecule has 0 N–H and O–H groups in total. The minimum Gasteiger partial charge on any atom is -0.495 e. The molecule has 1 atom stereocenters. The molecule has 2 nitrogen and oxygen atoms in total. The van der Waals surface area contributed by atoms with E-state index in [1.54, 1.807) is 19.2 Å². The number of methoxy groups -OCH3 is 1. The van der Waals surface area contributed by atoms with Gasteiger partial charge in [-0.05, 0) is 24.1 Å². The topological polar surface area (TPSA) is 33.0 Å². The number of hydrogen-bond donors (Lipinski definition) is 0. The summed E-state index contributed by atoms with van der Waals surface area (Å²) in [6, 6.07) is 7.69. The van der Waals surface area contributed by atoms with Gasteiger partial charge in [-0.3, -0.25) is 0 Å². The van der Waals surface area contributed by atoms with Gasteiger partial charge in [0.25, 0.3) is 0 Å². The molecule has 1 unspecified atom stereocenters. The van der Waals surface area contributed by atoms with Crippen molar-refractivity contribution >= 4 is 11.6 Å². The highest BCUT2D eigenvalue weighted by Crippen LogP contribution is 2.29. The molecule has 0 saturated carbocycles. The first-order valence-electron chi connectivity index (χ1n) is 4.46. The molecule has 1 aromatic carbocycles. The average Bonchev–Trinajstić information content (AvgIpc) is 2.20. The fourth-order valence-corrected chi connectivity index (χ4v) is 1.57. The lowest BCUT2D eigenvalue weighted by Gasteiger charge is -2.08. The van der Waals surface area contributed by atoms with Gasteiger partial charge in [0, 0.05) is 0 Å². The van der Waals surface area contributed by atoms with E-state index in [0.29, 0.717) is 10.8 Å². The predicted octanol–water partition coefficient (Wildman–Crippen LogP) is 3.37. The summed E-state index contributed by atoms with van der Waals surface area (Å²) in [6.45, 7) is 1.98. The molecule has 0 saturated heterocycles. The Hall–Kier alpha value is -1.20. The molecule has 1 aromatic rings. The molecule has 3 heteroatoms. The van der Waals surface area contributed by atoms with Gasteiger partial charge in [0.1, 0.15) is 5.75 Å². The lowest BCUT2D eigenvalue weighted by Crippen LogP contribution is -1.94. The minimum atomic E-state index is -0.0848. The van der Waals surface area contributed by atoms with E-state index in [4.69, 9.17) is 21.6 Å². The van der Waals surface area contributed by atoms with Crippen LogP contribution in [0, 0.1) is 11.3 Å². The summed E-state index contributed by atoms with van der Waals surface area (Å²) in [4.78, 5) is 0. The van der Waals surface area contributed by atoms with Gasteiger partial charge in [0.05, 0.1) is 24.1 Å². The van der Waals surface area contributed by atoms with Gasteiger partial charge in [-0.25, -0.2) is 0 Å². The molecule has 0 aliphatic rings. The van der Waals surface area contributed by atoms with E-state index in [1.165, 1.54) is 0 Å². The zero-order valence-electron chi connectivity index (χ0n) is 8.25. The highest BCUT2D eigenvalue weighted by atomic mass is 35.5. The van der Waals surface area contributed by atoms with Crippen LogP contribution in [-0.4, -0.2) is 7.11 Å². The second kappa shape index (κ2) is 4.88. The number of rotatable bonds is 3. The standard InChI is InChI=1S/C11H12ClNO/c1-3-8(7-13)9-4-5-11(14-2)10(12)6-9/h4-6,8H,3H2,1-2H3. The molecule has 14 heavy (non-hydrogen) atoms. The summed E-state index contributed by atoms with van der Waals surface area (Å²) in [7, 11) is 1.57. The van der Waals surface area contributed by atoms with E-state index in [2.05, 4.69) is 6.07 Å². The maximum absolute atomic E-state index is 8.87. The Morgan fingerprint density at radius 2 is 2.29 bits per heavy atom. The van der Waals surface area contributed by atoms with E-state index in [-0.39, 0.29) is 5.92 Å². The van der Waals surface area contributed by atoms with Crippen LogP contribution in [0.3, 0.4) is 0 Å². The molecular weight excluding hydrogens is 198 g/mol. The lowest BCUT2D eigenvalue weighted by atomic mass is 9.98. The molecule has 0 amide bonds. The summed E-state index contributed by atoms with van der Waals surface area (Å²) in [6.07, 6.45) is 0.791. The van der Waals surface area contributed by atoms with Crippen molar-refractivity contribution in [3.05, 3.63) is 28.8 Å². The first-order valence-corrected chi connectivity index (χ1v) is 4.83. The Morgan fingerprint density at radius 1 is 1.57 bits per heavy atom. The van der Waals surface area contributed by atoms with Crippen LogP contribution in [0.2, 0.25) is 5.02 Å². The van der Waals surface area contributed by atoms with Gasteiger partial charge < -0.3 is 4.74 Å². The monoisotopic (exact) mass is 209 g/mol. The lowest BCUT2D eigenvalue weighted by molar-refractivity contribution is 0.415. The summed E-state index contributed by atoms with van der Waals surface area (Å²) in [5.41, 5.74) is 0.945. The largest absolute Gasteiger partial charge is 0.495 e. The molecule has 0 bridgehead atoms. The predicted molar refractivity (Wildman–Crippen MR) is 56.6 cm³/mol. The van der Waals surface area contributed by atoms with Crippen LogP contribution in [0.5, 0.6) is 5.75 Å². The Balaban J connectivity index is 3.03. The fraction of sp³-hybridized carbons (Fsp3) is 0.364. The third-order valence-corrected chi connectivity index (χ3v) is 2.44. The summed E-state index contributed by atoms with van der Waals surface area (Å²) >= 11 is 5.95. The van der Waals surface area contributed by atoms with Crippen molar-refractivity contribution in [2.45, 2.75) is 19.3 Å². The van der Waals surface area contributed by atoms with Crippen molar-refractivity contribution in [1.82, 2.24) is 0 Å². The number of halogens is 1. The van der Waals surface area contributed by atoms with Gasteiger partial charge >= 0.3 is 0 Å². The van der Waals surface area contributed by atoms with E-state index in [9.17, 15) is 0 Å². The van der Waals surface area contributed by atoms with Crippen molar-refractivity contribution in [2.24, 2.45) is 0 Å². The van der Waals surface area contributed by atoms with Crippen molar-refractivity contribution in [1.29, 1.82) is 5.26 Å². The minimum absolute atomic E-state index is 0.0848. The van der Waals surface area contributed by atoms with E-state index < -0.39 is 0 Å². The van der Waals surface area contributed by atoms with Crippen molar-refractivity contribution in [3.8, 4) is 11.8 Å². The second-order valence-corrected chi connectivity index (χ2v) is 3.39. The number of ether oxygens (including phenoxy) is 1. The Morgan fingerprint density at radius 3 is 2.71 bits per heavy atom. The SMILES string of the molecule is CCC(C#N)c1ccc(OC)c(Cl)c1. The van der Waals surface area contributed by atoms with Crippen LogP contribution in [0.1, 0.15) is 24.8 Å². The summed E-state index contributed by atoms with van der Waals surface area (Å²) < 4.78 is 5.03. The van der Waals surface area contributed by atoms with E-state index in [1.807, 2.05) is 13.0 Å². The van der Waals surface area contributed by atoms with E-state index in [0.717, 1.165) is 12.0 Å². The Kier molecular flexibility index (Phi) is 3.79. The van der Waals surface area contributed by atoms with Crippen LogP contribution >= 0.6 is 11.6 Å². The third kappa shape index (κ3) is 2.18. The van der Waals surface area contributed by atoms with Gasteiger partial charge in [-0.15, -0.1) is 0 Å². The van der Waals surface area contributed by atoms with Crippen LogP contribution < -0.4 is 4.74 Å². The summed E-state index contributed by atoms with van der Waals surface area (Å²) in [5, 5.41) is 9.43. The first-order chi connectivity index (χ1) is 6.72. The molecule has 0 heterocycles. The molecule has 0 aliphatic carbocycles. The van der Waals surface area contributed by atoms with Gasteiger partial charge in [0.15, 0.2) is 0 Å². The summed E-state index contributed by atoms with van der Waals surface area (Å²) in [5.74, 6) is 0.557. The van der Waals surface area contributed by atoms with Gasteiger partial charge in [0.2, 0.25) is 0 Å². The van der Waals surface area contributed by atoms with Gasteiger partial charge in [-0.2, -0.15) is 5.26 Å². The van der Waals surface area contributed by atoms with E-state index >= 15 is 0 Å². The normalized spacial score (nSPS) is 11.9. The second-order valence-electron chi connectivity index (χ2n) is 2.98. The Bertz CT molecular complexity index is 357. The fourth-order valence-electron chi connectivity index (χ4n) is 1.30. The molecule has 0 radical (unpaired) electrons. The number of nitriles is 1. The number of benzene rings is 1. The average molecular weight is 210 g/mol. The molecule has 1 rings (SSSR count). The zero-order chi connectivity index (χ0) is 10.6. The Labute approximate surface area is 89.1 Å². The quantitative estimate of drug-likeness (QED) is 0.765. The number of nitrogens with zero attached hydrogens (tertiary/aromatic N) is 1. The molecule has 0 fully saturated rings. The van der Waals surface area contributed by atoms with Crippen molar-refractivity contribution in [2.75, 3.05) is 7.11 Å². The van der Waals surface area contributed by atoms with Crippen molar-refractivity contribution in [3.63, 3.8) is 0 Å². The molecule has 0 spiro atoms. The molecule has 0 aromatic heterocycles. The zero-order valence-corrected chi connectivity index (χ0v) is 9.01. The molecule has 0 aliphatic heterocycles. The smallest absolute Gasteiger partial charge is 0.137 e. The van der Waals surface area contributed by atoms with Crippen LogP contribution in [0.25, 0.3) is 0 Å². The van der Waals surface area contributed by atoms with Crippen LogP contribution in [0.4, 0.5) is 0 Å². The highest BCUT2D eigenvalue weighted by molar-refractivity contribution is 6.32. The maximum atomic E-state index is 8.87. The third-order valence-electron chi connectivity index (χ3n) is 2.14. The molecule has 74 valence electrons. The van der Waals surface area contributed by atoms with Crippen LogP contribution in [0.15, 0.2) is 18.2 Å².